The molecule has 28 heavy (non-hydrogen) atoms. The molecule has 1 saturated carbocycles. The first-order valence-electron chi connectivity index (χ1n) is 10.2. The highest BCUT2D eigenvalue weighted by atomic mass is 35.5. The van der Waals surface area contributed by atoms with E-state index in [1.165, 1.54) is 6.42 Å². The van der Waals surface area contributed by atoms with E-state index in [2.05, 4.69) is 5.32 Å². The lowest BCUT2D eigenvalue weighted by Gasteiger charge is -2.36. The van der Waals surface area contributed by atoms with Gasteiger partial charge in [0.2, 0.25) is 5.91 Å². The second-order valence-corrected chi connectivity index (χ2v) is 8.65. The SMILES string of the molecule is Cc1cc(NC(=O)C2(c3ccc(Cl)cc3)CCCCC2)cc(C)c1OC(C)C. The average molecular weight is 400 g/mol. The molecule has 2 aromatic carbocycles. The first kappa shape index (κ1) is 20.7. The monoisotopic (exact) mass is 399 g/mol. The lowest BCUT2D eigenvalue weighted by Crippen LogP contribution is -2.42. The number of carbonyl (C=O) groups is 1. The van der Waals surface area contributed by atoms with Crippen molar-refractivity contribution in [2.24, 2.45) is 0 Å². The summed E-state index contributed by atoms with van der Waals surface area (Å²) in [6, 6.07) is 11.8. The van der Waals surface area contributed by atoms with Gasteiger partial charge in [-0.05, 0) is 81.5 Å². The van der Waals surface area contributed by atoms with Crippen LogP contribution in [-0.4, -0.2) is 12.0 Å². The molecule has 0 radical (unpaired) electrons. The normalized spacial score (nSPS) is 16.1. The molecule has 1 aliphatic rings. The summed E-state index contributed by atoms with van der Waals surface area (Å²) in [4.78, 5) is 13.5. The molecule has 0 aromatic heterocycles. The number of hydrogen-bond donors (Lipinski definition) is 1. The summed E-state index contributed by atoms with van der Waals surface area (Å²) >= 11 is 6.08. The Hall–Kier alpha value is -2.00. The lowest BCUT2D eigenvalue weighted by atomic mass is 9.68. The van der Waals surface area contributed by atoms with Gasteiger partial charge in [-0.25, -0.2) is 0 Å². The summed E-state index contributed by atoms with van der Waals surface area (Å²) in [6.45, 7) is 8.09. The maximum atomic E-state index is 13.5. The minimum absolute atomic E-state index is 0.0749. The fraction of sp³-hybridized carbons (Fsp3) is 0.458. The number of ether oxygens (including phenoxy) is 1. The standard InChI is InChI=1S/C24H30ClNO2/c1-16(2)28-22-17(3)14-21(15-18(22)4)26-23(27)24(12-6-5-7-13-24)19-8-10-20(25)11-9-19/h8-11,14-16H,5-7,12-13H2,1-4H3,(H,26,27). The van der Waals surface area contributed by atoms with Gasteiger partial charge in [0.25, 0.3) is 0 Å². The maximum Gasteiger partial charge on any atom is 0.235 e. The van der Waals surface area contributed by atoms with E-state index < -0.39 is 5.41 Å². The van der Waals surface area contributed by atoms with E-state index in [4.69, 9.17) is 16.3 Å². The van der Waals surface area contributed by atoms with Gasteiger partial charge in [0, 0.05) is 10.7 Å². The highest BCUT2D eigenvalue weighted by Gasteiger charge is 2.41. The van der Waals surface area contributed by atoms with E-state index in [9.17, 15) is 4.79 Å². The van der Waals surface area contributed by atoms with Gasteiger partial charge in [0.1, 0.15) is 5.75 Å². The van der Waals surface area contributed by atoms with Crippen molar-refractivity contribution in [1.29, 1.82) is 0 Å². The lowest BCUT2D eigenvalue weighted by molar-refractivity contribution is -0.122. The Kier molecular flexibility index (Phi) is 6.34. The van der Waals surface area contributed by atoms with Gasteiger partial charge in [0.05, 0.1) is 11.5 Å². The Balaban J connectivity index is 1.89. The van der Waals surface area contributed by atoms with Crippen molar-refractivity contribution in [3.05, 3.63) is 58.1 Å². The molecule has 150 valence electrons. The van der Waals surface area contributed by atoms with Crippen LogP contribution in [0, 0.1) is 13.8 Å². The quantitative estimate of drug-likeness (QED) is 0.616. The predicted octanol–water partition coefficient (Wildman–Crippen LogP) is 6.58. The van der Waals surface area contributed by atoms with Crippen LogP contribution in [0.2, 0.25) is 5.02 Å². The molecular formula is C24H30ClNO2. The van der Waals surface area contributed by atoms with Crippen LogP contribution < -0.4 is 10.1 Å². The third kappa shape index (κ3) is 4.35. The van der Waals surface area contributed by atoms with E-state index >= 15 is 0 Å². The van der Waals surface area contributed by atoms with Crippen LogP contribution in [0.1, 0.15) is 62.6 Å². The summed E-state index contributed by atoms with van der Waals surface area (Å²) in [5.74, 6) is 0.976. The Morgan fingerprint density at radius 1 is 1.04 bits per heavy atom. The largest absolute Gasteiger partial charge is 0.490 e. The van der Waals surface area contributed by atoms with Gasteiger partial charge >= 0.3 is 0 Å². The molecule has 3 rings (SSSR count). The number of benzene rings is 2. The molecule has 0 bridgehead atoms. The Morgan fingerprint density at radius 3 is 2.14 bits per heavy atom. The zero-order valence-electron chi connectivity index (χ0n) is 17.3. The third-order valence-corrected chi connectivity index (χ3v) is 5.86. The fourth-order valence-electron chi connectivity index (χ4n) is 4.27. The number of hydrogen-bond acceptors (Lipinski definition) is 2. The summed E-state index contributed by atoms with van der Waals surface area (Å²) in [5, 5.41) is 3.90. The number of rotatable bonds is 5. The molecule has 0 heterocycles. The second kappa shape index (κ2) is 8.57. The number of anilines is 1. The number of aryl methyl sites for hydroxylation is 2. The molecule has 0 atom stereocenters. The molecule has 1 fully saturated rings. The Bertz CT molecular complexity index is 813. The molecule has 3 nitrogen and oxygen atoms in total. The minimum Gasteiger partial charge on any atom is -0.490 e. The predicted molar refractivity (Wildman–Crippen MR) is 117 cm³/mol. The summed E-state index contributed by atoms with van der Waals surface area (Å²) in [7, 11) is 0. The minimum atomic E-state index is -0.488. The number of carbonyl (C=O) groups excluding carboxylic acids is 1. The van der Waals surface area contributed by atoms with Gasteiger partial charge in [-0.3, -0.25) is 4.79 Å². The van der Waals surface area contributed by atoms with Crippen LogP contribution in [0.15, 0.2) is 36.4 Å². The van der Waals surface area contributed by atoms with Crippen molar-refractivity contribution < 1.29 is 9.53 Å². The molecule has 1 N–H and O–H groups in total. The number of nitrogens with one attached hydrogen (secondary N) is 1. The van der Waals surface area contributed by atoms with E-state index in [-0.39, 0.29) is 12.0 Å². The zero-order valence-corrected chi connectivity index (χ0v) is 18.0. The van der Waals surface area contributed by atoms with E-state index in [0.29, 0.717) is 5.02 Å². The Labute approximate surface area is 173 Å². The van der Waals surface area contributed by atoms with Crippen LogP contribution in [0.25, 0.3) is 0 Å². The van der Waals surface area contributed by atoms with Gasteiger partial charge in [0.15, 0.2) is 0 Å². The van der Waals surface area contributed by atoms with Crippen molar-refractivity contribution in [2.75, 3.05) is 5.32 Å². The van der Waals surface area contributed by atoms with Crippen LogP contribution in [-0.2, 0) is 10.2 Å². The molecule has 0 unspecified atom stereocenters. The van der Waals surface area contributed by atoms with Gasteiger partial charge in [-0.2, -0.15) is 0 Å². The third-order valence-electron chi connectivity index (χ3n) is 5.61. The molecule has 4 heteroatoms. The second-order valence-electron chi connectivity index (χ2n) is 8.21. The summed E-state index contributed by atoms with van der Waals surface area (Å²) in [5.41, 5.74) is 3.47. The number of amides is 1. The van der Waals surface area contributed by atoms with Crippen LogP contribution in [0.5, 0.6) is 5.75 Å². The van der Waals surface area contributed by atoms with E-state index in [0.717, 1.165) is 53.8 Å². The zero-order chi connectivity index (χ0) is 20.3. The summed E-state index contributed by atoms with van der Waals surface area (Å²) in [6.07, 6.45) is 5.17. The van der Waals surface area contributed by atoms with Crippen molar-refractivity contribution >= 4 is 23.2 Å². The van der Waals surface area contributed by atoms with E-state index in [1.807, 2.05) is 64.1 Å². The highest BCUT2D eigenvalue weighted by molar-refractivity contribution is 6.30. The van der Waals surface area contributed by atoms with Crippen LogP contribution in [0.3, 0.4) is 0 Å². The fourth-order valence-corrected chi connectivity index (χ4v) is 4.39. The van der Waals surface area contributed by atoms with Gasteiger partial charge < -0.3 is 10.1 Å². The number of halogens is 1. The molecule has 0 aliphatic heterocycles. The summed E-state index contributed by atoms with van der Waals surface area (Å²) < 4.78 is 5.93. The van der Waals surface area contributed by atoms with Crippen molar-refractivity contribution in [1.82, 2.24) is 0 Å². The highest BCUT2D eigenvalue weighted by Crippen LogP contribution is 2.41. The molecule has 1 aliphatic carbocycles. The molecule has 0 spiro atoms. The first-order chi connectivity index (χ1) is 13.3. The van der Waals surface area contributed by atoms with Gasteiger partial charge in [-0.1, -0.05) is 43.0 Å². The molecule has 1 amide bonds. The maximum absolute atomic E-state index is 13.5. The molecule has 0 saturated heterocycles. The van der Waals surface area contributed by atoms with Gasteiger partial charge in [-0.15, -0.1) is 0 Å². The van der Waals surface area contributed by atoms with Crippen molar-refractivity contribution in [3.63, 3.8) is 0 Å². The molecular weight excluding hydrogens is 370 g/mol. The first-order valence-corrected chi connectivity index (χ1v) is 10.5. The molecule has 2 aromatic rings. The smallest absolute Gasteiger partial charge is 0.235 e. The van der Waals surface area contributed by atoms with Crippen LogP contribution >= 0.6 is 11.6 Å². The van der Waals surface area contributed by atoms with E-state index in [1.54, 1.807) is 0 Å². The van der Waals surface area contributed by atoms with Crippen LogP contribution in [0.4, 0.5) is 5.69 Å². The van der Waals surface area contributed by atoms with Crippen molar-refractivity contribution in [3.8, 4) is 5.75 Å². The van der Waals surface area contributed by atoms with Crippen molar-refractivity contribution in [2.45, 2.75) is 71.3 Å². The average Bonchev–Trinajstić information content (AvgIpc) is 2.65. The Morgan fingerprint density at radius 2 is 1.61 bits per heavy atom. The topological polar surface area (TPSA) is 38.3 Å².